The average Bonchev–Trinajstić information content (AvgIpc) is 2.86. The molecule has 0 aromatic heterocycles. The first-order valence-electron chi connectivity index (χ1n) is 8.69. The molecule has 1 fully saturated rings. The summed E-state index contributed by atoms with van der Waals surface area (Å²) in [4.78, 5) is 27.3. The predicted octanol–water partition coefficient (Wildman–Crippen LogP) is 2.04. The number of hydrogen-bond donors (Lipinski definition) is 1. The Balaban J connectivity index is 1.96. The van der Waals surface area contributed by atoms with Gasteiger partial charge in [0, 0.05) is 13.0 Å². The van der Waals surface area contributed by atoms with Crippen LogP contribution >= 0.6 is 0 Å². The zero-order valence-corrected chi connectivity index (χ0v) is 14.1. The summed E-state index contributed by atoms with van der Waals surface area (Å²) in [6.45, 7) is 1.74. The van der Waals surface area contributed by atoms with E-state index in [0.717, 1.165) is 22.3 Å². The fraction of sp³-hybridized carbons (Fsp3) is 0.333. The van der Waals surface area contributed by atoms with Crippen molar-refractivity contribution in [2.24, 2.45) is 11.8 Å². The SMILES string of the molecule is C[C@H](O)C12c3ccccc3C(c3ccccc31)C1C(=O)N(C)C(=O)C12. The maximum Gasteiger partial charge on any atom is 0.234 e. The number of rotatable bonds is 1. The van der Waals surface area contributed by atoms with E-state index in [9.17, 15) is 14.7 Å². The maximum atomic E-state index is 13.1. The molecule has 1 saturated heterocycles. The normalized spacial score (nSPS) is 33.1. The number of aliphatic hydroxyl groups is 1. The number of amides is 2. The molecule has 25 heavy (non-hydrogen) atoms. The minimum atomic E-state index is -0.871. The fourth-order valence-corrected chi connectivity index (χ4v) is 5.68. The van der Waals surface area contributed by atoms with Gasteiger partial charge in [-0.15, -0.1) is 0 Å². The molecule has 1 aliphatic heterocycles. The van der Waals surface area contributed by atoms with Crippen molar-refractivity contribution >= 4 is 11.8 Å². The third kappa shape index (κ3) is 1.44. The number of nitrogens with zero attached hydrogens (tertiary/aromatic N) is 1. The van der Waals surface area contributed by atoms with Crippen molar-refractivity contribution in [2.45, 2.75) is 24.4 Å². The highest BCUT2D eigenvalue weighted by Crippen LogP contribution is 2.64. The molecule has 0 radical (unpaired) electrons. The maximum absolute atomic E-state index is 13.1. The summed E-state index contributed by atoms with van der Waals surface area (Å²) in [6, 6.07) is 15.9. The van der Waals surface area contributed by atoms with E-state index < -0.39 is 23.4 Å². The van der Waals surface area contributed by atoms with E-state index in [0.29, 0.717) is 0 Å². The van der Waals surface area contributed by atoms with Crippen molar-refractivity contribution in [3.8, 4) is 0 Å². The fourth-order valence-electron chi connectivity index (χ4n) is 5.68. The van der Waals surface area contributed by atoms with Gasteiger partial charge in [0.1, 0.15) is 0 Å². The molecule has 126 valence electrons. The van der Waals surface area contributed by atoms with Crippen LogP contribution in [0.2, 0.25) is 0 Å². The van der Waals surface area contributed by atoms with Gasteiger partial charge in [0.15, 0.2) is 0 Å². The van der Waals surface area contributed by atoms with Crippen LogP contribution in [0.15, 0.2) is 48.5 Å². The zero-order chi connectivity index (χ0) is 17.5. The molecule has 0 spiro atoms. The molecule has 4 heteroatoms. The molecular formula is C21H19NO3. The van der Waals surface area contributed by atoms with E-state index >= 15 is 0 Å². The molecule has 1 N–H and O–H groups in total. The van der Waals surface area contributed by atoms with E-state index in [1.54, 1.807) is 14.0 Å². The first-order chi connectivity index (χ1) is 12.0. The highest BCUT2D eigenvalue weighted by atomic mass is 16.3. The van der Waals surface area contributed by atoms with Gasteiger partial charge in [-0.2, -0.15) is 0 Å². The molecular weight excluding hydrogens is 314 g/mol. The Labute approximate surface area is 146 Å². The molecule has 4 aliphatic rings. The van der Waals surface area contributed by atoms with E-state index in [-0.39, 0.29) is 17.7 Å². The largest absolute Gasteiger partial charge is 0.392 e. The summed E-state index contributed by atoms with van der Waals surface area (Å²) in [6.07, 6.45) is -0.785. The van der Waals surface area contributed by atoms with Gasteiger partial charge in [-0.05, 0) is 29.2 Å². The second-order valence-electron chi connectivity index (χ2n) is 7.44. The van der Waals surface area contributed by atoms with Crippen LogP contribution in [0, 0.1) is 11.8 Å². The second-order valence-corrected chi connectivity index (χ2v) is 7.44. The smallest absolute Gasteiger partial charge is 0.234 e. The van der Waals surface area contributed by atoms with Gasteiger partial charge in [0.2, 0.25) is 11.8 Å². The van der Waals surface area contributed by atoms with Crippen LogP contribution in [0.25, 0.3) is 0 Å². The predicted molar refractivity (Wildman–Crippen MR) is 91.9 cm³/mol. The van der Waals surface area contributed by atoms with E-state index in [2.05, 4.69) is 0 Å². The molecule has 0 saturated carbocycles. The van der Waals surface area contributed by atoms with Crippen molar-refractivity contribution in [1.29, 1.82) is 0 Å². The van der Waals surface area contributed by atoms with Gasteiger partial charge in [-0.25, -0.2) is 0 Å². The lowest BCUT2D eigenvalue weighted by Gasteiger charge is -2.55. The molecule has 4 nitrogen and oxygen atoms in total. The van der Waals surface area contributed by atoms with Crippen LogP contribution in [0.4, 0.5) is 0 Å². The Morgan fingerprint density at radius 1 is 0.960 bits per heavy atom. The first-order valence-corrected chi connectivity index (χ1v) is 8.69. The van der Waals surface area contributed by atoms with Gasteiger partial charge in [-0.1, -0.05) is 48.5 Å². The Bertz CT molecular complexity index is 885. The minimum Gasteiger partial charge on any atom is -0.392 e. The summed E-state index contributed by atoms with van der Waals surface area (Å²) in [5.74, 6) is -1.41. The van der Waals surface area contributed by atoms with Gasteiger partial charge < -0.3 is 5.11 Å². The third-order valence-corrected chi connectivity index (χ3v) is 6.56. The molecule has 3 aliphatic carbocycles. The van der Waals surface area contributed by atoms with Crippen LogP contribution in [-0.4, -0.2) is 35.0 Å². The number of aliphatic hydroxyl groups excluding tert-OH is 1. The minimum absolute atomic E-state index is 0.126. The summed E-state index contributed by atoms with van der Waals surface area (Å²) >= 11 is 0. The summed E-state index contributed by atoms with van der Waals surface area (Å²) < 4.78 is 0. The van der Waals surface area contributed by atoms with Gasteiger partial charge >= 0.3 is 0 Å². The number of carbonyl (C=O) groups is 2. The second kappa shape index (κ2) is 4.58. The molecule has 2 amide bonds. The number of hydrogen-bond acceptors (Lipinski definition) is 3. The summed E-state index contributed by atoms with van der Waals surface area (Å²) in [7, 11) is 1.56. The monoisotopic (exact) mass is 333 g/mol. The first kappa shape index (κ1) is 14.8. The highest BCUT2D eigenvalue weighted by molar-refractivity contribution is 6.08. The standard InChI is InChI=1S/C21H19NO3/c1-11(23)21-14-9-5-3-7-12(14)16(13-8-4-6-10-15(13)21)17-18(21)20(25)22(2)19(17)24/h3-11,16-18,23H,1-2H3/t11-,16?,17?,18?,21?/m0/s1. The zero-order valence-electron chi connectivity index (χ0n) is 14.1. The molecule has 3 atom stereocenters. The highest BCUT2D eigenvalue weighted by Gasteiger charge is 2.68. The van der Waals surface area contributed by atoms with Crippen LogP contribution in [0.1, 0.15) is 35.1 Å². The lowest BCUT2D eigenvalue weighted by molar-refractivity contribution is -0.138. The summed E-state index contributed by atoms with van der Waals surface area (Å²) in [5.41, 5.74) is 3.25. The molecule has 2 aromatic rings. The van der Waals surface area contributed by atoms with Crippen LogP contribution in [0.3, 0.4) is 0 Å². The van der Waals surface area contributed by atoms with Crippen molar-refractivity contribution in [3.63, 3.8) is 0 Å². The van der Waals surface area contributed by atoms with E-state index in [1.165, 1.54) is 4.90 Å². The van der Waals surface area contributed by atoms with Crippen molar-refractivity contribution < 1.29 is 14.7 Å². The van der Waals surface area contributed by atoms with Crippen molar-refractivity contribution in [2.75, 3.05) is 7.05 Å². The Morgan fingerprint density at radius 3 is 2.00 bits per heavy atom. The van der Waals surface area contributed by atoms with Gasteiger partial charge in [0.25, 0.3) is 0 Å². The van der Waals surface area contributed by atoms with Crippen LogP contribution in [-0.2, 0) is 15.0 Å². The quantitative estimate of drug-likeness (QED) is 0.813. The molecule has 1 heterocycles. The molecule has 2 unspecified atom stereocenters. The summed E-state index contributed by atoms with van der Waals surface area (Å²) in [5, 5.41) is 11.0. The van der Waals surface area contributed by atoms with Crippen molar-refractivity contribution in [1.82, 2.24) is 4.90 Å². The number of likely N-dealkylation sites (tertiary alicyclic amines) is 1. The number of imide groups is 1. The van der Waals surface area contributed by atoms with Gasteiger partial charge in [-0.3, -0.25) is 14.5 Å². The topological polar surface area (TPSA) is 57.6 Å². The average molecular weight is 333 g/mol. The molecule has 6 rings (SSSR count). The Kier molecular flexibility index (Phi) is 2.72. The molecule has 2 bridgehead atoms. The number of benzene rings is 2. The Hall–Kier alpha value is -2.46. The third-order valence-electron chi connectivity index (χ3n) is 6.56. The lowest BCUT2D eigenvalue weighted by Crippen LogP contribution is -2.58. The number of carbonyl (C=O) groups excluding carboxylic acids is 2. The van der Waals surface area contributed by atoms with E-state index in [1.807, 2.05) is 48.5 Å². The van der Waals surface area contributed by atoms with Gasteiger partial charge in [0.05, 0.1) is 23.4 Å². The van der Waals surface area contributed by atoms with E-state index in [4.69, 9.17) is 0 Å². The van der Waals surface area contributed by atoms with Crippen LogP contribution in [0.5, 0.6) is 0 Å². The Morgan fingerprint density at radius 2 is 1.48 bits per heavy atom. The van der Waals surface area contributed by atoms with Crippen LogP contribution < -0.4 is 0 Å². The molecule has 2 aromatic carbocycles. The lowest BCUT2D eigenvalue weighted by atomic mass is 9.46. The van der Waals surface area contributed by atoms with Crippen molar-refractivity contribution in [3.05, 3.63) is 70.8 Å².